The van der Waals surface area contributed by atoms with Gasteiger partial charge in [-0.2, -0.15) is 4.98 Å². The fourth-order valence-electron chi connectivity index (χ4n) is 2.09. The maximum Gasteiger partial charge on any atom is 0.241 e. The Kier molecular flexibility index (Phi) is 3.97. The smallest absolute Gasteiger partial charge is 0.241 e. The van der Waals surface area contributed by atoms with Gasteiger partial charge in [0.15, 0.2) is 0 Å². The van der Waals surface area contributed by atoms with Crippen LogP contribution in [0.2, 0.25) is 0 Å². The van der Waals surface area contributed by atoms with Gasteiger partial charge in [0.2, 0.25) is 11.7 Å². The standard InChI is InChI=1S/C15H15FN4O2/c1-10-7-13(18-21-10)8-20(2)9-14-17-15(19-22-14)11-3-5-12(16)6-4-11/h3-7H,8-9H2,1-2H3. The molecule has 3 rings (SSSR count). The van der Waals surface area contributed by atoms with E-state index in [4.69, 9.17) is 9.05 Å². The Hall–Kier alpha value is -2.54. The SMILES string of the molecule is Cc1cc(CN(C)Cc2nc(-c3ccc(F)cc3)no2)no1. The fourth-order valence-corrected chi connectivity index (χ4v) is 2.09. The van der Waals surface area contributed by atoms with Gasteiger partial charge in [0.05, 0.1) is 12.2 Å². The molecule has 0 aliphatic heterocycles. The molecule has 2 aromatic heterocycles. The van der Waals surface area contributed by atoms with E-state index >= 15 is 0 Å². The molecule has 0 saturated heterocycles. The van der Waals surface area contributed by atoms with Crippen LogP contribution in [0.15, 0.2) is 39.4 Å². The molecule has 0 radical (unpaired) electrons. The van der Waals surface area contributed by atoms with Crippen molar-refractivity contribution in [1.82, 2.24) is 20.2 Å². The Balaban J connectivity index is 1.65. The third kappa shape index (κ3) is 3.37. The molecule has 0 spiro atoms. The second-order valence-electron chi connectivity index (χ2n) is 5.12. The third-order valence-electron chi connectivity index (χ3n) is 3.08. The first-order valence-corrected chi connectivity index (χ1v) is 6.79. The van der Waals surface area contributed by atoms with Gasteiger partial charge in [-0.25, -0.2) is 4.39 Å². The lowest BCUT2D eigenvalue weighted by atomic mass is 10.2. The maximum atomic E-state index is 12.9. The summed E-state index contributed by atoms with van der Waals surface area (Å²) in [7, 11) is 1.92. The zero-order valence-corrected chi connectivity index (χ0v) is 12.3. The zero-order valence-electron chi connectivity index (χ0n) is 12.3. The van der Waals surface area contributed by atoms with Gasteiger partial charge in [-0.1, -0.05) is 10.3 Å². The lowest BCUT2D eigenvalue weighted by Crippen LogP contribution is -2.17. The number of rotatable bonds is 5. The van der Waals surface area contributed by atoms with Crippen LogP contribution in [0.5, 0.6) is 0 Å². The van der Waals surface area contributed by atoms with Crippen molar-refractivity contribution in [3.8, 4) is 11.4 Å². The lowest BCUT2D eigenvalue weighted by Gasteiger charge is -2.11. The van der Waals surface area contributed by atoms with Crippen molar-refractivity contribution in [2.45, 2.75) is 20.0 Å². The summed E-state index contributed by atoms with van der Waals surface area (Å²) in [6.07, 6.45) is 0. The summed E-state index contributed by atoms with van der Waals surface area (Å²) in [5.41, 5.74) is 1.56. The van der Waals surface area contributed by atoms with Crippen molar-refractivity contribution in [3.63, 3.8) is 0 Å². The van der Waals surface area contributed by atoms with E-state index in [0.29, 0.717) is 30.4 Å². The van der Waals surface area contributed by atoms with E-state index in [1.807, 2.05) is 24.9 Å². The predicted octanol–water partition coefficient (Wildman–Crippen LogP) is 2.80. The summed E-state index contributed by atoms with van der Waals surface area (Å²) in [4.78, 5) is 6.30. The number of nitrogens with zero attached hydrogens (tertiary/aromatic N) is 4. The minimum atomic E-state index is -0.296. The highest BCUT2D eigenvalue weighted by atomic mass is 19.1. The Bertz CT molecular complexity index is 751. The van der Waals surface area contributed by atoms with Crippen LogP contribution in [0.1, 0.15) is 17.3 Å². The van der Waals surface area contributed by atoms with E-state index < -0.39 is 0 Å². The Morgan fingerprint density at radius 3 is 2.55 bits per heavy atom. The normalized spacial score (nSPS) is 11.3. The molecule has 6 nitrogen and oxygen atoms in total. The molecule has 0 bridgehead atoms. The molecule has 1 aromatic carbocycles. The molecule has 0 aliphatic carbocycles. The predicted molar refractivity (Wildman–Crippen MR) is 76.1 cm³/mol. The molecule has 22 heavy (non-hydrogen) atoms. The molecule has 0 unspecified atom stereocenters. The molecule has 0 saturated carbocycles. The quantitative estimate of drug-likeness (QED) is 0.722. The topological polar surface area (TPSA) is 68.2 Å². The summed E-state index contributed by atoms with van der Waals surface area (Å²) >= 11 is 0. The maximum absolute atomic E-state index is 12.9. The van der Waals surface area contributed by atoms with Crippen LogP contribution in [0.3, 0.4) is 0 Å². The van der Waals surface area contributed by atoms with Gasteiger partial charge >= 0.3 is 0 Å². The Morgan fingerprint density at radius 2 is 1.86 bits per heavy atom. The van der Waals surface area contributed by atoms with Crippen LogP contribution in [0.25, 0.3) is 11.4 Å². The van der Waals surface area contributed by atoms with Crippen LogP contribution < -0.4 is 0 Å². The molecule has 0 atom stereocenters. The molecule has 0 aliphatic rings. The first-order chi connectivity index (χ1) is 10.6. The van der Waals surface area contributed by atoms with Crippen LogP contribution in [0.4, 0.5) is 4.39 Å². The van der Waals surface area contributed by atoms with Crippen LogP contribution in [-0.4, -0.2) is 27.2 Å². The summed E-state index contributed by atoms with van der Waals surface area (Å²) in [5.74, 6) is 1.41. The highest BCUT2D eigenvalue weighted by molar-refractivity contribution is 5.53. The van der Waals surface area contributed by atoms with E-state index in [9.17, 15) is 4.39 Å². The fraction of sp³-hybridized carbons (Fsp3) is 0.267. The third-order valence-corrected chi connectivity index (χ3v) is 3.08. The zero-order chi connectivity index (χ0) is 15.5. The first kappa shape index (κ1) is 14.4. The lowest BCUT2D eigenvalue weighted by molar-refractivity contribution is 0.254. The average Bonchev–Trinajstić information content (AvgIpc) is 3.09. The molecule has 114 valence electrons. The second kappa shape index (κ2) is 6.07. The Morgan fingerprint density at radius 1 is 1.09 bits per heavy atom. The molecule has 0 N–H and O–H groups in total. The molecule has 7 heteroatoms. The minimum absolute atomic E-state index is 0.296. The Labute approximate surface area is 126 Å². The van der Waals surface area contributed by atoms with Crippen molar-refractivity contribution in [2.24, 2.45) is 0 Å². The minimum Gasteiger partial charge on any atom is -0.361 e. The summed E-state index contributed by atoms with van der Waals surface area (Å²) < 4.78 is 23.2. The molecule has 0 fully saturated rings. The van der Waals surface area contributed by atoms with Gasteiger partial charge in [-0.3, -0.25) is 4.90 Å². The number of hydrogen-bond donors (Lipinski definition) is 0. The first-order valence-electron chi connectivity index (χ1n) is 6.79. The average molecular weight is 302 g/mol. The van der Waals surface area contributed by atoms with Crippen molar-refractivity contribution in [3.05, 3.63) is 53.5 Å². The molecular formula is C15H15FN4O2. The van der Waals surface area contributed by atoms with E-state index in [1.165, 1.54) is 12.1 Å². The number of halogens is 1. The largest absolute Gasteiger partial charge is 0.361 e. The van der Waals surface area contributed by atoms with E-state index in [-0.39, 0.29) is 5.82 Å². The van der Waals surface area contributed by atoms with Gasteiger partial charge in [0, 0.05) is 18.2 Å². The van der Waals surface area contributed by atoms with E-state index in [0.717, 1.165) is 11.5 Å². The van der Waals surface area contributed by atoms with Gasteiger partial charge in [0.25, 0.3) is 0 Å². The number of aromatic nitrogens is 3. The molecular weight excluding hydrogens is 287 g/mol. The van der Waals surface area contributed by atoms with Crippen molar-refractivity contribution in [2.75, 3.05) is 7.05 Å². The second-order valence-corrected chi connectivity index (χ2v) is 5.12. The monoisotopic (exact) mass is 302 g/mol. The number of benzene rings is 1. The van der Waals surface area contributed by atoms with Crippen LogP contribution in [-0.2, 0) is 13.1 Å². The molecule has 2 heterocycles. The number of aryl methyl sites for hydroxylation is 1. The van der Waals surface area contributed by atoms with Crippen molar-refractivity contribution in [1.29, 1.82) is 0 Å². The van der Waals surface area contributed by atoms with Gasteiger partial charge in [-0.05, 0) is 38.2 Å². The van der Waals surface area contributed by atoms with E-state index in [1.54, 1.807) is 12.1 Å². The molecule has 3 aromatic rings. The van der Waals surface area contributed by atoms with Crippen LogP contribution in [0, 0.1) is 12.7 Å². The van der Waals surface area contributed by atoms with Gasteiger partial charge in [-0.15, -0.1) is 0 Å². The number of hydrogen-bond acceptors (Lipinski definition) is 6. The summed E-state index contributed by atoms with van der Waals surface area (Å²) in [5, 5.41) is 7.85. The van der Waals surface area contributed by atoms with Crippen molar-refractivity contribution >= 4 is 0 Å². The van der Waals surface area contributed by atoms with Gasteiger partial charge in [0.1, 0.15) is 11.6 Å². The van der Waals surface area contributed by atoms with Crippen LogP contribution >= 0.6 is 0 Å². The summed E-state index contributed by atoms with van der Waals surface area (Å²) in [6, 6.07) is 7.85. The van der Waals surface area contributed by atoms with Crippen molar-refractivity contribution < 1.29 is 13.4 Å². The van der Waals surface area contributed by atoms with E-state index in [2.05, 4.69) is 15.3 Å². The molecule has 0 amide bonds. The summed E-state index contributed by atoms with van der Waals surface area (Å²) in [6.45, 7) is 2.95. The van der Waals surface area contributed by atoms with Gasteiger partial charge < -0.3 is 9.05 Å². The highest BCUT2D eigenvalue weighted by Gasteiger charge is 2.12. The highest BCUT2D eigenvalue weighted by Crippen LogP contribution is 2.17.